The predicted molar refractivity (Wildman–Crippen MR) is 114 cm³/mol. The Morgan fingerprint density at radius 1 is 1.21 bits per heavy atom. The zero-order valence-corrected chi connectivity index (χ0v) is 17.0. The van der Waals surface area contributed by atoms with Crippen LogP contribution in [0.3, 0.4) is 0 Å². The van der Waals surface area contributed by atoms with Crippen molar-refractivity contribution in [1.82, 2.24) is 14.5 Å². The van der Waals surface area contributed by atoms with Crippen LogP contribution in [0, 0.1) is 0 Å². The van der Waals surface area contributed by atoms with Crippen molar-refractivity contribution in [3.8, 4) is 5.75 Å². The maximum Gasteiger partial charge on any atom is 0.118 e. The summed E-state index contributed by atoms with van der Waals surface area (Å²) in [6, 6.07) is 11.2. The SMILES string of the molecule is COc1ccc(CCC(C)N2C[C@@H](N)[C@H](c3cn(C)c4cnccc34)C2)cc1. The van der Waals surface area contributed by atoms with Crippen LogP contribution in [0.5, 0.6) is 5.75 Å². The topological polar surface area (TPSA) is 56.3 Å². The van der Waals surface area contributed by atoms with E-state index >= 15 is 0 Å². The minimum atomic E-state index is 0.169. The summed E-state index contributed by atoms with van der Waals surface area (Å²) >= 11 is 0. The van der Waals surface area contributed by atoms with Gasteiger partial charge in [-0.05, 0) is 49.1 Å². The van der Waals surface area contributed by atoms with Crippen molar-refractivity contribution in [3.63, 3.8) is 0 Å². The van der Waals surface area contributed by atoms with Gasteiger partial charge in [0.1, 0.15) is 5.75 Å². The highest BCUT2D eigenvalue weighted by Crippen LogP contribution is 2.34. The second kappa shape index (κ2) is 7.94. The van der Waals surface area contributed by atoms with Crippen molar-refractivity contribution >= 4 is 10.9 Å². The fraction of sp³-hybridized carbons (Fsp3) is 0.435. The van der Waals surface area contributed by atoms with Crippen LogP contribution in [-0.2, 0) is 13.5 Å². The fourth-order valence-corrected chi connectivity index (χ4v) is 4.45. The second-order valence-corrected chi connectivity index (χ2v) is 8.05. The largest absolute Gasteiger partial charge is 0.497 e. The first kappa shape index (κ1) is 19.0. The number of benzene rings is 1. The van der Waals surface area contributed by atoms with Crippen molar-refractivity contribution in [2.24, 2.45) is 12.8 Å². The van der Waals surface area contributed by atoms with Gasteiger partial charge in [0.25, 0.3) is 0 Å². The standard InChI is InChI=1S/C23H30N4O/c1-16(4-5-17-6-8-18(28-3)9-7-17)27-14-21(22(24)15-27)20-13-26(2)23-12-25-11-10-19(20)23/h6-13,16,21-22H,4-5,14-15,24H2,1-3H3/t16?,21-,22+/m0/s1. The third kappa shape index (κ3) is 3.64. The number of nitrogens with zero attached hydrogens (tertiary/aromatic N) is 3. The summed E-state index contributed by atoms with van der Waals surface area (Å²) < 4.78 is 7.41. The number of likely N-dealkylation sites (tertiary alicyclic amines) is 1. The average Bonchev–Trinajstić information content (AvgIpc) is 3.27. The van der Waals surface area contributed by atoms with Gasteiger partial charge in [0.05, 0.1) is 18.8 Å². The van der Waals surface area contributed by atoms with Crippen LogP contribution < -0.4 is 10.5 Å². The molecule has 3 heterocycles. The number of pyridine rings is 1. The van der Waals surface area contributed by atoms with E-state index in [2.05, 4.69) is 52.8 Å². The number of fused-ring (bicyclic) bond motifs is 1. The smallest absolute Gasteiger partial charge is 0.118 e. The Morgan fingerprint density at radius 2 is 2.00 bits per heavy atom. The van der Waals surface area contributed by atoms with Gasteiger partial charge in [0.2, 0.25) is 0 Å². The van der Waals surface area contributed by atoms with Crippen LogP contribution in [-0.4, -0.2) is 46.7 Å². The van der Waals surface area contributed by atoms with Crippen molar-refractivity contribution in [3.05, 3.63) is 60.0 Å². The molecule has 1 aliphatic heterocycles. The lowest BCUT2D eigenvalue weighted by atomic mass is 9.95. The van der Waals surface area contributed by atoms with Crippen molar-refractivity contribution in [2.45, 2.75) is 37.8 Å². The quantitative estimate of drug-likeness (QED) is 0.715. The first-order valence-corrected chi connectivity index (χ1v) is 10.1. The van der Waals surface area contributed by atoms with Crippen molar-refractivity contribution < 1.29 is 4.74 Å². The molecule has 148 valence electrons. The molecule has 4 rings (SSSR count). The normalized spacial score (nSPS) is 21.3. The number of methoxy groups -OCH3 is 1. The Kier molecular flexibility index (Phi) is 5.38. The van der Waals surface area contributed by atoms with E-state index in [0.29, 0.717) is 12.0 Å². The monoisotopic (exact) mass is 378 g/mol. The molecule has 1 aliphatic rings. The fourth-order valence-electron chi connectivity index (χ4n) is 4.45. The Balaban J connectivity index is 1.42. The molecular formula is C23H30N4O. The molecule has 1 unspecified atom stereocenters. The van der Waals surface area contributed by atoms with Crippen molar-refractivity contribution in [2.75, 3.05) is 20.2 Å². The summed E-state index contributed by atoms with van der Waals surface area (Å²) in [4.78, 5) is 6.82. The zero-order chi connectivity index (χ0) is 19.7. The van der Waals surface area contributed by atoms with Crippen LogP contribution in [0.25, 0.3) is 10.9 Å². The number of hydrogen-bond donors (Lipinski definition) is 1. The van der Waals surface area contributed by atoms with Gasteiger partial charge in [-0.15, -0.1) is 0 Å². The number of hydrogen-bond acceptors (Lipinski definition) is 4. The second-order valence-electron chi connectivity index (χ2n) is 8.05. The van der Waals surface area contributed by atoms with Crippen molar-refractivity contribution in [1.29, 1.82) is 0 Å². The molecule has 2 N–H and O–H groups in total. The van der Waals surface area contributed by atoms with Gasteiger partial charge in [-0.1, -0.05) is 12.1 Å². The molecule has 2 aromatic heterocycles. The zero-order valence-electron chi connectivity index (χ0n) is 17.0. The first-order valence-electron chi connectivity index (χ1n) is 10.1. The third-order valence-corrected chi connectivity index (χ3v) is 6.25. The van der Waals surface area contributed by atoms with Gasteiger partial charge in [0.15, 0.2) is 0 Å². The highest BCUT2D eigenvalue weighted by atomic mass is 16.5. The lowest BCUT2D eigenvalue weighted by Gasteiger charge is -2.24. The molecule has 0 aliphatic carbocycles. The lowest BCUT2D eigenvalue weighted by Crippen LogP contribution is -2.34. The summed E-state index contributed by atoms with van der Waals surface area (Å²) in [6.07, 6.45) is 8.26. The van der Waals surface area contributed by atoms with Gasteiger partial charge in [0, 0.05) is 55.9 Å². The Morgan fingerprint density at radius 3 is 2.75 bits per heavy atom. The highest BCUT2D eigenvalue weighted by Gasteiger charge is 2.34. The molecule has 1 fully saturated rings. The maximum atomic E-state index is 6.60. The molecule has 0 saturated carbocycles. The molecule has 5 nitrogen and oxygen atoms in total. The molecule has 0 spiro atoms. The van der Waals surface area contributed by atoms with E-state index in [9.17, 15) is 0 Å². The maximum absolute atomic E-state index is 6.60. The van der Waals surface area contributed by atoms with Crippen LogP contribution in [0.2, 0.25) is 0 Å². The summed E-state index contributed by atoms with van der Waals surface area (Å²) in [7, 11) is 3.79. The molecule has 0 bridgehead atoms. The number of aryl methyl sites for hydroxylation is 2. The molecule has 3 aromatic rings. The first-order chi connectivity index (χ1) is 13.6. The van der Waals surface area contributed by atoms with E-state index in [1.165, 1.54) is 22.0 Å². The predicted octanol–water partition coefficient (Wildman–Crippen LogP) is 3.33. The number of rotatable bonds is 6. The van der Waals surface area contributed by atoms with Gasteiger partial charge < -0.3 is 15.0 Å². The van der Waals surface area contributed by atoms with Crippen LogP contribution in [0.1, 0.15) is 30.4 Å². The van der Waals surface area contributed by atoms with E-state index in [1.54, 1.807) is 7.11 Å². The van der Waals surface area contributed by atoms with E-state index in [4.69, 9.17) is 10.5 Å². The number of ether oxygens (including phenoxy) is 1. The van der Waals surface area contributed by atoms with Gasteiger partial charge in [-0.25, -0.2) is 0 Å². The van der Waals surface area contributed by atoms with E-state index in [1.807, 2.05) is 24.5 Å². The van der Waals surface area contributed by atoms with E-state index in [0.717, 1.165) is 31.7 Å². The average molecular weight is 379 g/mol. The summed E-state index contributed by atoms with van der Waals surface area (Å²) in [5.74, 6) is 1.28. The summed E-state index contributed by atoms with van der Waals surface area (Å²) in [5.41, 5.74) is 10.5. The Hall–Kier alpha value is -2.37. The molecule has 0 amide bonds. The summed E-state index contributed by atoms with van der Waals surface area (Å²) in [5, 5.41) is 1.28. The molecule has 3 atom stereocenters. The molecule has 1 aromatic carbocycles. The number of aromatic nitrogens is 2. The minimum Gasteiger partial charge on any atom is -0.497 e. The molecule has 28 heavy (non-hydrogen) atoms. The molecule has 1 saturated heterocycles. The third-order valence-electron chi connectivity index (χ3n) is 6.25. The lowest BCUT2D eigenvalue weighted by molar-refractivity contribution is 0.242. The molecular weight excluding hydrogens is 348 g/mol. The van der Waals surface area contributed by atoms with Gasteiger partial charge in [-0.3, -0.25) is 9.88 Å². The summed E-state index contributed by atoms with van der Waals surface area (Å²) in [6.45, 7) is 4.30. The van der Waals surface area contributed by atoms with Crippen LogP contribution in [0.15, 0.2) is 48.9 Å². The van der Waals surface area contributed by atoms with E-state index in [-0.39, 0.29) is 6.04 Å². The van der Waals surface area contributed by atoms with E-state index < -0.39 is 0 Å². The minimum absolute atomic E-state index is 0.169. The Bertz CT molecular complexity index is 933. The number of nitrogens with two attached hydrogens (primary N) is 1. The van der Waals surface area contributed by atoms with Crippen LogP contribution in [0.4, 0.5) is 0 Å². The Labute approximate surface area is 167 Å². The van der Waals surface area contributed by atoms with Crippen LogP contribution >= 0.6 is 0 Å². The highest BCUT2D eigenvalue weighted by molar-refractivity contribution is 5.83. The molecule has 0 radical (unpaired) electrons. The molecule has 5 heteroatoms. The van der Waals surface area contributed by atoms with Gasteiger partial charge >= 0.3 is 0 Å². The van der Waals surface area contributed by atoms with Gasteiger partial charge in [-0.2, -0.15) is 0 Å².